The van der Waals surface area contributed by atoms with Crippen LogP contribution in [0, 0.1) is 11.8 Å². The van der Waals surface area contributed by atoms with Crippen molar-refractivity contribution in [2.45, 2.75) is 52.1 Å². The highest BCUT2D eigenvalue weighted by Crippen LogP contribution is 2.10. The summed E-state index contributed by atoms with van der Waals surface area (Å²) >= 11 is 0. The molecule has 0 saturated heterocycles. The Bertz CT molecular complexity index is 490. The molecule has 0 aromatic carbocycles. The van der Waals surface area contributed by atoms with Gasteiger partial charge in [-0.3, -0.25) is 4.79 Å². The Morgan fingerprint density at radius 3 is 2.70 bits per heavy atom. The zero-order valence-corrected chi connectivity index (χ0v) is 12.4. The Hall–Kier alpha value is -2.02. The van der Waals surface area contributed by atoms with Crippen molar-refractivity contribution in [2.75, 3.05) is 5.73 Å². The molecule has 0 aliphatic rings. The van der Waals surface area contributed by atoms with E-state index in [2.05, 4.69) is 16.8 Å². The maximum atomic E-state index is 11.5. The van der Waals surface area contributed by atoms with Gasteiger partial charge in [0.2, 0.25) is 0 Å². The smallest absolute Gasteiger partial charge is 0.306 e. The van der Waals surface area contributed by atoms with Crippen molar-refractivity contribution in [1.82, 2.24) is 4.98 Å². The van der Waals surface area contributed by atoms with E-state index in [9.17, 15) is 4.79 Å². The lowest BCUT2D eigenvalue weighted by molar-refractivity contribution is -0.154. The fourth-order valence-corrected chi connectivity index (χ4v) is 1.52. The molecular weight excluding hydrogens is 252 g/mol. The lowest BCUT2D eigenvalue weighted by atomic mass is 10.1. The summed E-state index contributed by atoms with van der Waals surface area (Å²) in [5.41, 5.74) is 5.94. The van der Waals surface area contributed by atoms with E-state index >= 15 is 0 Å². The quantitative estimate of drug-likeness (QED) is 0.521. The second kappa shape index (κ2) is 7.54. The number of rotatable bonds is 4. The minimum absolute atomic E-state index is 0.145. The number of nitrogens with two attached hydrogens (primary N) is 1. The maximum absolute atomic E-state index is 11.5. The highest BCUT2D eigenvalue weighted by atomic mass is 16.6. The third kappa shape index (κ3) is 7.42. The van der Waals surface area contributed by atoms with Crippen LogP contribution in [-0.4, -0.2) is 16.6 Å². The van der Waals surface area contributed by atoms with Crippen LogP contribution >= 0.6 is 0 Å². The molecule has 108 valence electrons. The van der Waals surface area contributed by atoms with Crippen molar-refractivity contribution >= 4 is 11.8 Å². The average Bonchev–Trinajstić information content (AvgIpc) is 2.33. The van der Waals surface area contributed by atoms with Crippen LogP contribution in [0.3, 0.4) is 0 Å². The first-order valence-electron chi connectivity index (χ1n) is 6.79. The number of hydrogen-bond acceptors (Lipinski definition) is 4. The van der Waals surface area contributed by atoms with Crippen molar-refractivity contribution in [3.8, 4) is 11.8 Å². The number of carbonyl (C=O) groups is 1. The summed E-state index contributed by atoms with van der Waals surface area (Å²) in [6.07, 6.45) is 4.54. The molecule has 0 aliphatic carbocycles. The molecule has 0 fully saturated rings. The molecule has 4 nitrogen and oxygen atoms in total. The predicted octanol–water partition coefficient (Wildman–Crippen LogP) is 2.92. The molecule has 0 radical (unpaired) electrons. The van der Waals surface area contributed by atoms with E-state index in [-0.39, 0.29) is 5.97 Å². The van der Waals surface area contributed by atoms with Crippen LogP contribution in [-0.2, 0) is 9.53 Å². The summed E-state index contributed by atoms with van der Waals surface area (Å²) in [6.45, 7) is 5.62. The Balaban J connectivity index is 2.20. The van der Waals surface area contributed by atoms with Gasteiger partial charge in [-0.15, -0.1) is 0 Å². The minimum Gasteiger partial charge on any atom is -0.460 e. The molecule has 20 heavy (non-hydrogen) atoms. The van der Waals surface area contributed by atoms with Crippen LogP contribution in [0.1, 0.15) is 52.0 Å². The van der Waals surface area contributed by atoms with Gasteiger partial charge in [-0.05, 0) is 45.7 Å². The Kier molecular flexibility index (Phi) is 6.05. The van der Waals surface area contributed by atoms with Gasteiger partial charge in [-0.2, -0.15) is 0 Å². The zero-order chi connectivity index (χ0) is 15.0. The number of pyridine rings is 1. The number of unbranched alkanes of at least 4 members (excludes halogenated alkanes) is 2. The molecule has 0 atom stereocenters. The number of anilines is 1. The molecule has 1 rings (SSSR count). The lowest BCUT2D eigenvalue weighted by Crippen LogP contribution is -2.23. The fraction of sp³-hybridized carbons (Fsp3) is 0.500. The molecule has 2 N–H and O–H groups in total. The summed E-state index contributed by atoms with van der Waals surface area (Å²) in [4.78, 5) is 15.4. The molecule has 0 aliphatic heterocycles. The van der Waals surface area contributed by atoms with E-state index in [4.69, 9.17) is 10.5 Å². The van der Waals surface area contributed by atoms with E-state index in [0.29, 0.717) is 12.2 Å². The van der Waals surface area contributed by atoms with E-state index < -0.39 is 5.60 Å². The number of hydrogen-bond donors (Lipinski definition) is 1. The van der Waals surface area contributed by atoms with E-state index in [1.54, 1.807) is 12.3 Å². The van der Waals surface area contributed by atoms with Crippen LogP contribution in [0.4, 0.5) is 5.82 Å². The van der Waals surface area contributed by atoms with Crippen molar-refractivity contribution < 1.29 is 9.53 Å². The molecule has 4 heteroatoms. The van der Waals surface area contributed by atoms with Crippen LogP contribution in [0.15, 0.2) is 18.3 Å². The second-order valence-corrected chi connectivity index (χ2v) is 5.57. The Labute approximate surface area is 120 Å². The molecule has 0 unspecified atom stereocenters. The van der Waals surface area contributed by atoms with Gasteiger partial charge in [-0.25, -0.2) is 4.98 Å². The first kappa shape index (κ1) is 16.0. The number of ether oxygens (including phenoxy) is 1. The topological polar surface area (TPSA) is 65.2 Å². The number of nitrogen functional groups attached to an aromatic ring is 1. The van der Waals surface area contributed by atoms with E-state index in [0.717, 1.165) is 24.8 Å². The van der Waals surface area contributed by atoms with Crippen molar-refractivity contribution in [2.24, 2.45) is 0 Å². The number of nitrogens with zero attached hydrogens (tertiary/aromatic N) is 1. The minimum atomic E-state index is -0.404. The highest BCUT2D eigenvalue weighted by Gasteiger charge is 2.15. The van der Waals surface area contributed by atoms with E-state index in [1.165, 1.54) is 0 Å². The van der Waals surface area contributed by atoms with Crippen LogP contribution in [0.5, 0.6) is 0 Å². The van der Waals surface area contributed by atoms with E-state index in [1.807, 2.05) is 26.8 Å². The lowest BCUT2D eigenvalue weighted by Gasteiger charge is -2.19. The van der Waals surface area contributed by atoms with Crippen molar-refractivity contribution in [1.29, 1.82) is 0 Å². The highest BCUT2D eigenvalue weighted by molar-refractivity contribution is 5.69. The number of esters is 1. The average molecular weight is 274 g/mol. The Morgan fingerprint density at radius 1 is 1.35 bits per heavy atom. The number of aromatic nitrogens is 1. The fourth-order valence-electron chi connectivity index (χ4n) is 1.52. The maximum Gasteiger partial charge on any atom is 0.306 e. The standard InChI is InChI=1S/C16H22N2O2/c1-16(2,3)20-15(19)9-7-5-4-6-8-13-10-11-14(17)18-12-13/h10-12H,4-5,7,9H2,1-3H3,(H2,17,18). The van der Waals surface area contributed by atoms with Crippen LogP contribution < -0.4 is 5.73 Å². The van der Waals surface area contributed by atoms with Gasteiger partial charge < -0.3 is 10.5 Å². The molecule has 0 spiro atoms. The van der Waals surface area contributed by atoms with Crippen molar-refractivity contribution in [3.05, 3.63) is 23.9 Å². The first-order valence-corrected chi connectivity index (χ1v) is 6.79. The normalized spacial score (nSPS) is 10.6. The largest absolute Gasteiger partial charge is 0.460 e. The van der Waals surface area contributed by atoms with Gasteiger partial charge in [-0.1, -0.05) is 11.8 Å². The summed E-state index contributed by atoms with van der Waals surface area (Å²) in [6, 6.07) is 3.57. The van der Waals surface area contributed by atoms with Crippen LogP contribution in [0.2, 0.25) is 0 Å². The summed E-state index contributed by atoms with van der Waals surface area (Å²) in [7, 11) is 0. The zero-order valence-electron chi connectivity index (χ0n) is 12.4. The van der Waals surface area contributed by atoms with Crippen LogP contribution in [0.25, 0.3) is 0 Å². The van der Waals surface area contributed by atoms with Gasteiger partial charge in [0.1, 0.15) is 11.4 Å². The monoisotopic (exact) mass is 274 g/mol. The molecule has 1 aromatic heterocycles. The summed E-state index contributed by atoms with van der Waals surface area (Å²) < 4.78 is 5.23. The van der Waals surface area contributed by atoms with Gasteiger partial charge >= 0.3 is 5.97 Å². The second-order valence-electron chi connectivity index (χ2n) is 5.57. The molecule has 0 amide bonds. The third-order valence-corrected chi connectivity index (χ3v) is 2.37. The predicted molar refractivity (Wildman–Crippen MR) is 79.8 cm³/mol. The summed E-state index contributed by atoms with van der Waals surface area (Å²) in [5, 5.41) is 0. The molecule has 0 saturated carbocycles. The Morgan fingerprint density at radius 2 is 2.10 bits per heavy atom. The van der Waals surface area contributed by atoms with Gasteiger partial charge in [0, 0.05) is 24.6 Å². The molecule has 0 bridgehead atoms. The number of carbonyl (C=O) groups excluding carboxylic acids is 1. The van der Waals surface area contributed by atoms with Crippen molar-refractivity contribution in [3.63, 3.8) is 0 Å². The van der Waals surface area contributed by atoms with Gasteiger partial charge in [0.05, 0.1) is 0 Å². The summed E-state index contributed by atoms with van der Waals surface area (Å²) in [5.74, 6) is 6.42. The molecular formula is C16H22N2O2. The third-order valence-electron chi connectivity index (χ3n) is 2.37. The van der Waals surface area contributed by atoms with Gasteiger partial charge in [0.15, 0.2) is 0 Å². The molecule has 1 heterocycles. The first-order chi connectivity index (χ1) is 9.37. The molecule has 1 aromatic rings. The SMILES string of the molecule is CC(C)(C)OC(=O)CCCCC#Cc1ccc(N)nc1. The van der Waals surface area contributed by atoms with Gasteiger partial charge in [0.25, 0.3) is 0 Å².